The van der Waals surface area contributed by atoms with Crippen LogP contribution in [0.25, 0.3) is 0 Å². The Bertz CT molecular complexity index is 1070. The highest BCUT2D eigenvalue weighted by Gasteiger charge is 2.47. The van der Waals surface area contributed by atoms with Crippen LogP contribution < -0.4 is 20.7 Å². The molecular weight excluding hydrogens is 434 g/mol. The van der Waals surface area contributed by atoms with Crippen LogP contribution in [-0.2, 0) is 0 Å². The lowest BCUT2D eigenvalue weighted by atomic mass is 9.96. The molecule has 0 saturated carbocycles. The topological polar surface area (TPSA) is 97.1 Å². The van der Waals surface area contributed by atoms with Crippen LogP contribution in [0.3, 0.4) is 0 Å². The standard InChI is InChI=1S/C24H29N7OS/c1-32-20-7-5-18(6-8-20)29-19-13-17-15-26-16-28-24(17)21(14-19)30-23(33-24)22(25)27-9-12-31-10-3-2-4-11-31/h5-8,13-16,29H,2-4,9-12H2,1H3,(H2,25,27)(H,26,28). The number of rotatable bonds is 7. The second-order valence-electron chi connectivity index (χ2n) is 8.39. The van der Waals surface area contributed by atoms with E-state index in [1.54, 1.807) is 25.2 Å². The average molecular weight is 464 g/mol. The Labute approximate surface area is 198 Å². The summed E-state index contributed by atoms with van der Waals surface area (Å²) in [6.07, 6.45) is 11.6. The largest absolute Gasteiger partial charge is 0.497 e. The third-order valence-corrected chi connectivity index (χ3v) is 7.53. The molecule has 3 heterocycles. The molecule has 9 heteroatoms. The second-order valence-corrected chi connectivity index (χ2v) is 9.60. The lowest BCUT2D eigenvalue weighted by molar-refractivity contribution is 0.232. The number of hydrogen-bond donors (Lipinski definition) is 4. The fourth-order valence-electron chi connectivity index (χ4n) is 4.39. The predicted molar refractivity (Wildman–Crippen MR) is 136 cm³/mol. The van der Waals surface area contributed by atoms with E-state index in [0.29, 0.717) is 10.9 Å². The first-order valence-corrected chi connectivity index (χ1v) is 12.2. The molecular formula is C24H29N7OS. The number of allylic oxidation sites excluding steroid dienone is 1. The van der Waals surface area contributed by atoms with Gasteiger partial charge < -0.3 is 25.6 Å². The van der Waals surface area contributed by atoms with E-state index in [1.165, 1.54) is 19.3 Å². The molecule has 1 saturated heterocycles. The van der Waals surface area contributed by atoms with Gasteiger partial charge in [0.2, 0.25) is 0 Å². The van der Waals surface area contributed by atoms with Crippen LogP contribution in [0.5, 0.6) is 5.75 Å². The molecule has 5 rings (SSSR count). The Morgan fingerprint density at radius 1 is 1.21 bits per heavy atom. The fraction of sp³-hybridized carbons (Fsp3) is 0.375. The quantitative estimate of drug-likeness (QED) is 0.366. The molecule has 172 valence electrons. The normalized spacial score (nSPS) is 23.8. The highest BCUT2D eigenvalue weighted by atomic mass is 32.2. The van der Waals surface area contributed by atoms with Gasteiger partial charge in [0.1, 0.15) is 10.8 Å². The number of nitrogens with zero attached hydrogens (tertiary/aromatic N) is 3. The first-order valence-electron chi connectivity index (χ1n) is 11.3. The van der Waals surface area contributed by atoms with E-state index < -0.39 is 4.87 Å². The molecule has 4 N–H and O–H groups in total. The van der Waals surface area contributed by atoms with Gasteiger partial charge in [-0.15, -0.1) is 0 Å². The van der Waals surface area contributed by atoms with E-state index >= 15 is 0 Å². The summed E-state index contributed by atoms with van der Waals surface area (Å²) in [7, 11) is 1.66. The van der Waals surface area contributed by atoms with Gasteiger partial charge in [-0.25, -0.2) is 9.98 Å². The van der Waals surface area contributed by atoms with E-state index in [4.69, 9.17) is 15.1 Å². The summed E-state index contributed by atoms with van der Waals surface area (Å²) in [6, 6.07) is 7.80. The van der Waals surface area contributed by atoms with Crippen molar-refractivity contribution in [3.8, 4) is 5.75 Å². The molecule has 8 nitrogen and oxygen atoms in total. The second kappa shape index (κ2) is 9.44. The number of methoxy groups -OCH3 is 1. The maximum Gasteiger partial charge on any atom is 0.161 e. The van der Waals surface area contributed by atoms with Gasteiger partial charge in [-0.1, -0.05) is 18.2 Å². The van der Waals surface area contributed by atoms with Crippen molar-refractivity contribution in [2.24, 2.45) is 9.98 Å². The zero-order valence-corrected chi connectivity index (χ0v) is 19.5. The van der Waals surface area contributed by atoms with Crippen molar-refractivity contribution in [2.75, 3.05) is 38.6 Å². The number of aliphatic imine (C=N–C) groups is 2. The average Bonchev–Trinajstić information content (AvgIpc) is 3.22. The third-order valence-electron chi connectivity index (χ3n) is 6.17. The van der Waals surface area contributed by atoms with Crippen molar-refractivity contribution in [1.29, 1.82) is 5.41 Å². The summed E-state index contributed by atoms with van der Waals surface area (Å²) in [5.41, 5.74) is 3.75. The molecule has 1 spiro atoms. The molecule has 1 fully saturated rings. The minimum absolute atomic E-state index is 0.370. The van der Waals surface area contributed by atoms with Crippen LogP contribution in [0.1, 0.15) is 19.3 Å². The number of amidine groups is 1. The van der Waals surface area contributed by atoms with E-state index in [2.05, 4.69) is 31.9 Å². The van der Waals surface area contributed by atoms with Crippen molar-refractivity contribution < 1.29 is 4.74 Å². The van der Waals surface area contributed by atoms with Crippen molar-refractivity contribution in [3.63, 3.8) is 0 Å². The van der Waals surface area contributed by atoms with Gasteiger partial charge in [0.15, 0.2) is 10.7 Å². The monoisotopic (exact) mass is 463 g/mol. The number of piperidine rings is 1. The van der Waals surface area contributed by atoms with E-state index in [0.717, 1.165) is 54.6 Å². The van der Waals surface area contributed by atoms with Crippen molar-refractivity contribution in [2.45, 2.75) is 24.1 Å². The SMILES string of the molecule is COc1ccc(NC2=CC3=CN=CNC34SC(C(=N)NCCN3CCCCC3)=NC4=C2)cc1. The molecule has 0 bridgehead atoms. The number of benzene rings is 1. The first-order chi connectivity index (χ1) is 16.2. The summed E-state index contributed by atoms with van der Waals surface area (Å²) in [4.78, 5) is 11.1. The number of ether oxygens (including phenoxy) is 1. The number of anilines is 1. The van der Waals surface area contributed by atoms with Crippen molar-refractivity contribution >= 4 is 34.7 Å². The van der Waals surface area contributed by atoms with Crippen LogP contribution in [0.4, 0.5) is 5.69 Å². The Morgan fingerprint density at radius 2 is 2.03 bits per heavy atom. The Balaban J connectivity index is 1.29. The fourth-order valence-corrected chi connectivity index (χ4v) is 5.54. The molecule has 0 aromatic heterocycles. The summed E-state index contributed by atoms with van der Waals surface area (Å²) >= 11 is 1.55. The van der Waals surface area contributed by atoms with Gasteiger partial charge in [-0.05, 0) is 62.3 Å². The van der Waals surface area contributed by atoms with Gasteiger partial charge in [-0.2, -0.15) is 0 Å². The number of nitrogens with one attached hydrogen (secondary N) is 4. The van der Waals surface area contributed by atoms with Crippen LogP contribution in [-0.4, -0.2) is 60.3 Å². The maximum atomic E-state index is 8.59. The highest BCUT2D eigenvalue weighted by molar-refractivity contribution is 8.17. The highest BCUT2D eigenvalue weighted by Crippen LogP contribution is 2.48. The van der Waals surface area contributed by atoms with E-state index in [9.17, 15) is 0 Å². The number of hydrogen-bond acceptors (Lipinski definition) is 8. The van der Waals surface area contributed by atoms with Crippen LogP contribution in [0.2, 0.25) is 0 Å². The van der Waals surface area contributed by atoms with Gasteiger partial charge in [0.05, 0.1) is 19.1 Å². The first kappa shape index (κ1) is 21.8. The molecule has 1 aromatic carbocycles. The molecule has 0 amide bonds. The van der Waals surface area contributed by atoms with Crippen LogP contribution in [0, 0.1) is 5.41 Å². The molecule has 33 heavy (non-hydrogen) atoms. The zero-order valence-electron chi connectivity index (χ0n) is 18.7. The summed E-state index contributed by atoms with van der Waals surface area (Å²) in [6.45, 7) is 4.04. The molecule has 1 aromatic rings. The number of likely N-dealkylation sites (tertiary alicyclic amines) is 1. The van der Waals surface area contributed by atoms with E-state index in [1.807, 2.05) is 36.5 Å². The molecule has 3 aliphatic heterocycles. The lowest BCUT2D eigenvalue weighted by Gasteiger charge is -2.35. The van der Waals surface area contributed by atoms with Gasteiger partial charge in [-0.3, -0.25) is 5.41 Å². The van der Waals surface area contributed by atoms with Crippen molar-refractivity contribution in [3.05, 3.63) is 59.6 Å². The Kier molecular flexibility index (Phi) is 6.24. The van der Waals surface area contributed by atoms with Gasteiger partial charge >= 0.3 is 0 Å². The van der Waals surface area contributed by atoms with Crippen LogP contribution >= 0.6 is 11.8 Å². The zero-order chi connectivity index (χ0) is 22.7. The number of thioether (sulfide) groups is 1. The third kappa shape index (κ3) is 4.56. The lowest BCUT2D eigenvalue weighted by Crippen LogP contribution is -2.46. The van der Waals surface area contributed by atoms with Crippen LogP contribution in [0.15, 0.2) is 69.6 Å². The van der Waals surface area contributed by atoms with Gasteiger partial charge in [0.25, 0.3) is 0 Å². The molecule has 0 radical (unpaired) electrons. The maximum absolute atomic E-state index is 8.59. The molecule has 1 aliphatic carbocycles. The minimum Gasteiger partial charge on any atom is -0.497 e. The van der Waals surface area contributed by atoms with E-state index in [-0.39, 0.29) is 0 Å². The van der Waals surface area contributed by atoms with Crippen molar-refractivity contribution in [1.82, 2.24) is 15.5 Å². The minimum atomic E-state index is -0.539. The molecule has 1 unspecified atom stereocenters. The smallest absolute Gasteiger partial charge is 0.161 e. The Morgan fingerprint density at radius 3 is 2.82 bits per heavy atom. The predicted octanol–water partition coefficient (Wildman–Crippen LogP) is 3.30. The summed E-state index contributed by atoms with van der Waals surface area (Å²) in [5, 5.41) is 19.4. The summed E-state index contributed by atoms with van der Waals surface area (Å²) in [5.74, 6) is 1.19. The molecule has 4 aliphatic rings. The summed E-state index contributed by atoms with van der Waals surface area (Å²) < 4.78 is 5.25. The molecule has 1 atom stereocenters. The van der Waals surface area contributed by atoms with Gasteiger partial charge in [0, 0.05) is 36.2 Å². The Hall–Kier alpha value is -3.04.